The summed E-state index contributed by atoms with van der Waals surface area (Å²) in [7, 11) is 0. The quantitative estimate of drug-likeness (QED) is 0.452. The Labute approximate surface area is 222 Å². The Balaban J connectivity index is 0.000000317. The van der Waals surface area contributed by atoms with Crippen LogP contribution in [0.25, 0.3) is 0 Å². The number of carboxylic acids is 2. The van der Waals surface area contributed by atoms with Crippen LogP contribution in [0.4, 0.5) is 26.3 Å². The molecule has 2 aliphatic heterocycles. The summed E-state index contributed by atoms with van der Waals surface area (Å²) in [5.74, 6) is -5.51. The Morgan fingerprint density at radius 1 is 1.03 bits per heavy atom. The van der Waals surface area contributed by atoms with E-state index in [0.29, 0.717) is 12.6 Å². The molecule has 0 aliphatic carbocycles. The number of aromatic nitrogens is 1. The van der Waals surface area contributed by atoms with E-state index in [1.807, 2.05) is 23.5 Å². The number of likely N-dealkylation sites (tertiary alicyclic amines) is 1. The number of amides is 1. The molecule has 9 nitrogen and oxygen atoms in total. The summed E-state index contributed by atoms with van der Waals surface area (Å²) >= 11 is 1.81. The molecule has 16 heteroatoms. The van der Waals surface area contributed by atoms with Crippen LogP contribution in [0.15, 0.2) is 42.0 Å². The number of thiophene rings is 1. The topological polar surface area (TPSA) is 129 Å². The summed E-state index contributed by atoms with van der Waals surface area (Å²) < 4.78 is 69.6. The first-order valence-electron chi connectivity index (χ1n) is 11.4. The molecule has 0 aromatic carbocycles. The van der Waals surface area contributed by atoms with Crippen LogP contribution in [-0.2, 0) is 32.2 Å². The molecule has 3 N–H and O–H groups in total. The van der Waals surface area contributed by atoms with Gasteiger partial charge in [-0.05, 0) is 42.3 Å². The second-order valence-electron chi connectivity index (χ2n) is 8.33. The number of rotatable bonds is 5. The maximum atomic E-state index is 12.4. The predicted octanol–water partition coefficient (Wildman–Crippen LogP) is 3.85. The van der Waals surface area contributed by atoms with Gasteiger partial charge < -0.3 is 20.3 Å². The van der Waals surface area contributed by atoms with E-state index in [1.54, 1.807) is 12.4 Å². The lowest BCUT2D eigenvalue weighted by Crippen LogP contribution is -2.47. The van der Waals surface area contributed by atoms with Gasteiger partial charge >= 0.3 is 24.3 Å². The smallest absolute Gasteiger partial charge is 0.475 e. The van der Waals surface area contributed by atoms with Gasteiger partial charge in [0.2, 0.25) is 5.91 Å². The van der Waals surface area contributed by atoms with Gasteiger partial charge in [0.1, 0.15) is 6.10 Å². The Morgan fingerprint density at radius 2 is 1.67 bits per heavy atom. The Hall–Kier alpha value is -3.24. The third kappa shape index (κ3) is 10.8. The average molecular weight is 586 g/mol. The largest absolute Gasteiger partial charge is 0.490 e. The highest BCUT2D eigenvalue weighted by Gasteiger charge is 2.42. The van der Waals surface area contributed by atoms with Crippen LogP contribution >= 0.6 is 11.3 Å². The lowest BCUT2D eigenvalue weighted by atomic mass is 9.98. The van der Waals surface area contributed by atoms with Gasteiger partial charge in [-0.3, -0.25) is 14.7 Å². The van der Waals surface area contributed by atoms with Crippen molar-refractivity contribution in [2.45, 2.75) is 63.0 Å². The molecule has 2 saturated heterocycles. The first-order valence-corrected chi connectivity index (χ1v) is 12.2. The monoisotopic (exact) mass is 585 g/mol. The van der Waals surface area contributed by atoms with Crippen molar-refractivity contribution >= 4 is 29.2 Å². The van der Waals surface area contributed by atoms with E-state index in [1.165, 1.54) is 4.88 Å². The lowest BCUT2D eigenvalue weighted by molar-refractivity contribution is -0.193. The summed E-state index contributed by atoms with van der Waals surface area (Å²) in [6.07, 6.45) is -3.96. The molecule has 0 bridgehead atoms. The number of pyridine rings is 1. The van der Waals surface area contributed by atoms with Crippen LogP contribution in [0.2, 0.25) is 0 Å². The third-order valence-corrected chi connectivity index (χ3v) is 6.43. The minimum absolute atomic E-state index is 0.000917. The number of carbonyl (C=O) groups excluding carboxylic acids is 1. The molecule has 2 aromatic heterocycles. The van der Waals surface area contributed by atoms with Gasteiger partial charge in [0.05, 0.1) is 6.10 Å². The van der Waals surface area contributed by atoms with Gasteiger partial charge in [0.25, 0.3) is 0 Å². The van der Waals surface area contributed by atoms with Crippen molar-refractivity contribution in [1.29, 1.82) is 0 Å². The molecule has 1 amide bonds. The van der Waals surface area contributed by atoms with Crippen molar-refractivity contribution in [3.05, 3.63) is 52.5 Å². The van der Waals surface area contributed by atoms with Crippen LogP contribution < -0.4 is 5.32 Å². The number of ether oxygens (including phenoxy) is 1. The summed E-state index contributed by atoms with van der Waals surface area (Å²) in [5.41, 5.74) is 1.01. The lowest BCUT2D eigenvalue weighted by Gasteiger charge is -2.35. The maximum absolute atomic E-state index is 12.4. The molecular formula is C23H25F6N3O6S. The summed E-state index contributed by atoms with van der Waals surface area (Å²) in [4.78, 5) is 38.2. The molecule has 3 atom stereocenters. The normalized spacial score (nSPS) is 20.9. The molecule has 216 valence electrons. The highest BCUT2D eigenvalue weighted by molar-refractivity contribution is 7.09. The molecule has 0 saturated carbocycles. The number of hydrogen-bond donors (Lipinski definition) is 3. The fraction of sp³-hybridized carbons (Fsp3) is 0.478. The first kappa shape index (κ1) is 32.0. The molecule has 4 heterocycles. The van der Waals surface area contributed by atoms with Gasteiger partial charge in [-0.25, -0.2) is 9.59 Å². The van der Waals surface area contributed by atoms with E-state index >= 15 is 0 Å². The van der Waals surface area contributed by atoms with Gasteiger partial charge in [-0.2, -0.15) is 26.3 Å². The molecule has 0 radical (unpaired) electrons. The second-order valence-corrected chi connectivity index (χ2v) is 9.36. The van der Waals surface area contributed by atoms with Crippen LogP contribution in [0.5, 0.6) is 0 Å². The highest BCUT2D eigenvalue weighted by atomic mass is 32.1. The number of hydrogen-bond acceptors (Lipinski definition) is 7. The Morgan fingerprint density at radius 3 is 2.18 bits per heavy atom. The van der Waals surface area contributed by atoms with Crippen molar-refractivity contribution in [3.63, 3.8) is 0 Å². The fourth-order valence-corrected chi connectivity index (χ4v) is 4.54. The van der Waals surface area contributed by atoms with Crippen molar-refractivity contribution in [3.8, 4) is 0 Å². The van der Waals surface area contributed by atoms with E-state index in [0.717, 1.165) is 37.9 Å². The van der Waals surface area contributed by atoms with E-state index in [-0.39, 0.29) is 18.1 Å². The average Bonchev–Trinajstić information content (AvgIpc) is 3.53. The Kier molecular flexibility index (Phi) is 11.7. The first-order chi connectivity index (χ1) is 18.2. The minimum Gasteiger partial charge on any atom is -0.475 e. The van der Waals surface area contributed by atoms with Gasteiger partial charge in [0, 0.05) is 42.9 Å². The van der Waals surface area contributed by atoms with Gasteiger partial charge in [0.15, 0.2) is 0 Å². The minimum atomic E-state index is -5.08. The van der Waals surface area contributed by atoms with Crippen molar-refractivity contribution in [2.75, 3.05) is 6.54 Å². The number of nitrogens with one attached hydrogen (secondary N) is 1. The third-order valence-electron chi connectivity index (χ3n) is 5.57. The van der Waals surface area contributed by atoms with Crippen LogP contribution in [-0.4, -0.2) is 75.1 Å². The number of aliphatic carboxylic acids is 2. The van der Waals surface area contributed by atoms with Gasteiger partial charge in [-0.15, -0.1) is 11.3 Å². The number of fused-ring (bicyclic) bond motifs is 1. The van der Waals surface area contributed by atoms with E-state index in [4.69, 9.17) is 24.5 Å². The number of alkyl halides is 6. The van der Waals surface area contributed by atoms with E-state index in [2.05, 4.69) is 32.7 Å². The molecule has 2 aliphatic rings. The highest BCUT2D eigenvalue weighted by Crippen LogP contribution is 2.33. The van der Waals surface area contributed by atoms with Crippen LogP contribution in [0.1, 0.15) is 29.7 Å². The molecule has 2 aromatic rings. The Bertz CT molecular complexity index is 1040. The predicted molar refractivity (Wildman–Crippen MR) is 124 cm³/mol. The zero-order valence-electron chi connectivity index (χ0n) is 20.1. The van der Waals surface area contributed by atoms with Gasteiger partial charge in [-0.1, -0.05) is 12.1 Å². The fourth-order valence-electron chi connectivity index (χ4n) is 3.81. The SMILES string of the molecule is O=C(NCc1cccnc1)[C@@H]1CC[C@@H]2[C@@H](CCN2Cc2cccs2)O1.O=C(O)C(F)(F)F.O=C(O)C(F)(F)F. The molecular weight excluding hydrogens is 560 g/mol. The summed E-state index contributed by atoms with van der Waals surface area (Å²) in [6.45, 7) is 2.56. The number of nitrogens with zero attached hydrogens (tertiary/aromatic N) is 2. The summed E-state index contributed by atoms with van der Waals surface area (Å²) in [6, 6.07) is 8.59. The number of carbonyl (C=O) groups is 3. The summed E-state index contributed by atoms with van der Waals surface area (Å²) in [5, 5.41) is 19.4. The second kappa shape index (κ2) is 14.2. The van der Waals surface area contributed by atoms with E-state index in [9.17, 15) is 31.1 Å². The van der Waals surface area contributed by atoms with Crippen LogP contribution in [0.3, 0.4) is 0 Å². The molecule has 0 unspecified atom stereocenters. The zero-order chi connectivity index (χ0) is 29.2. The molecule has 2 fully saturated rings. The maximum Gasteiger partial charge on any atom is 0.490 e. The molecule has 4 rings (SSSR count). The van der Waals surface area contributed by atoms with Crippen molar-refractivity contribution < 1.29 is 55.7 Å². The van der Waals surface area contributed by atoms with Crippen molar-refractivity contribution in [2.24, 2.45) is 0 Å². The standard InChI is InChI=1S/C19H23N3O2S.2C2HF3O2/c23-19(21-12-14-3-1-8-20-11-14)18-6-5-16-17(24-18)7-9-22(16)13-15-4-2-10-25-15;2*3-2(4,5)1(6)7/h1-4,8,10-11,16-18H,5-7,9,12-13H2,(H,21,23);2*(H,6,7)/t16-,17-,18+;;/m1../s1. The van der Waals surface area contributed by atoms with Crippen molar-refractivity contribution in [1.82, 2.24) is 15.2 Å². The number of carboxylic acid groups (broad SMARTS) is 2. The zero-order valence-corrected chi connectivity index (χ0v) is 20.9. The molecule has 0 spiro atoms. The molecule has 39 heavy (non-hydrogen) atoms. The van der Waals surface area contributed by atoms with E-state index < -0.39 is 24.3 Å². The number of halogens is 6. The van der Waals surface area contributed by atoms with Crippen LogP contribution in [0, 0.1) is 0 Å².